The van der Waals surface area contributed by atoms with E-state index >= 15 is 0 Å². The molecule has 0 aliphatic carbocycles. The van der Waals surface area contributed by atoms with Crippen LogP contribution in [0, 0.1) is 0 Å². The molecule has 2 rings (SSSR count). The largest absolute Gasteiger partial charge is 0.377 e. The Morgan fingerprint density at radius 1 is 1.62 bits per heavy atom. The highest BCUT2D eigenvalue weighted by atomic mass is 32.1. The molecule has 1 aliphatic heterocycles. The van der Waals surface area contributed by atoms with Gasteiger partial charge < -0.3 is 10.1 Å². The molecular formula is C12H20N2OS. The van der Waals surface area contributed by atoms with Crippen LogP contribution >= 0.6 is 11.3 Å². The molecule has 4 heteroatoms. The van der Waals surface area contributed by atoms with Gasteiger partial charge in [0.15, 0.2) is 0 Å². The fourth-order valence-corrected chi connectivity index (χ4v) is 2.89. The van der Waals surface area contributed by atoms with Crippen LogP contribution in [0.15, 0.2) is 11.7 Å². The van der Waals surface area contributed by atoms with E-state index < -0.39 is 0 Å². The van der Waals surface area contributed by atoms with Gasteiger partial charge in [-0.05, 0) is 25.8 Å². The van der Waals surface area contributed by atoms with E-state index in [1.807, 2.05) is 11.7 Å². The van der Waals surface area contributed by atoms with Crippen LogP contribution in [0.3, 0.4) is 0 Å². The van der Waals surface area contributed by atoms with Crippen molar-refractivity contribution >= 4 is 11.3 Å². The van der Waals surface area contributed by atoms with Crippen LogP contribution in [0.1, 0.15) is 31.1 Å². The first kappa shape index (κ1) is 12.0. The van der Waals surface area contributed by atoms with Crippen LogP contribution < -0.4 is 5.32 Å². The first-order chi connectivity index (χ1) is 7.90. The highest BCUT2D eigenvalue weighted by Gasteiger charge is 2.24. The molecule has 16 heavy (non-hydrogen) atoms. The molecule has 1 fully saturated rings. The van der Waals surface area contributed by atoms with Gasteiger partial charge in [-0.3, -0.25) is 4.98 Å². The second-order valence-corrected chi connectivity index (χ2v) is 5.21. The molecule has 1 saturated heterocycles. The molecule has 2 unspecified atom stereocenters. The van der Waals surface area contributed by atoms with Crippen LogP contribution in [0.4, 0.5) is 0 Å². The lowest BCUT2D eigenvalue weighted by Crippen LogP contribution is -2.44. The summed E-state index contributed by atoms with van der Waals surface area (Å²) in [4.78, 5) is 5.48. The summed E-state index contributed by atoms with van der Waals surface area (Å²) in [7, 11) is 0. The van der Waals surface area contributed by atoms with Crippen molar-refractivity contribution in [2.45, 2.75) is 44.8 Å². The van der Waals surface area contributed by atoms with Gasteiger partial charge in [0.05, 0.1) is 11.6 Å². The molecule has 2 atom stereocenters. The topological polar surface area (TPSA) is 34.2 Å². The Hall–Kier alpha value is -0.450. The van der Waals surface area contributed by atoms with Gasteiger partial charge in [-0.2, -0.15) is 0 Å². The fourth-order valence-electron chi connectivity index (χ4n) is 2.24. The van der Waals surface area contributed by atoms with Crippen LogP contribution in [-0.4, -0.2) is 30.3 Å². The number of thiazole rings is 1. The Kier molecular flexibility index (Phi) is 4.75. The summed E-state index contributed by atoms with van der Waals surface area (Å²) in [6, 6.07) is 0.450. The van der Waals surface area contributed by atoms with Gasteiger partial charge in [0.25, 0.3) is 0 Å². The van der Waals surface area contributed by atoms with Crippen molar-refractivity contribution in [1.29, 1.82) is 0 Å². The molecular weight excluding hydrogens is 220 g/mol. The van der Waals surface area contributed by atoms with Gasteiger partial charge in [0, 0.05) is 30.1 Å². The lowest BCUT2D eigenvalue weighted by atomic mass is 9.99. The van der Waals surface area contributed by atoms with Crippen LogP contribution in [0.2, 0.25) is 0 Å². The predicted molar refractivity (Wildman–Crippen MR) is 66.9 cm³/mol. The number of likely N-dealkylation sites (N-methyl/N-ethyl adjacent to an activating group) is 1. The Bertz CT molecular complexity index is 283. The highest BCUT2D eigenvalue weighted by Crippen LogP contribution is 2.19. The first-order valence-corrected chi connectivity index (χ1v) is 7.00. The third-order valence-corrected chi connectivity index (χ3v) is 3.84. The molecule has 0 bridgehead atoms. The molecule has 1 aromatic heterocycles. The van der Waals surface area contributed by atoms with Crippen molar-refractivity contribution < 1.29 is 4.74 Å². The predicted octanol–water partition coefficient (Wildman–Crippen LogP) is 2.23. The van der Waals surface area contributed by atoms with Crippen molar-refractivity contribution in [3.63, 3.8) is 0 Å². The smallest absolute Gasteiger partial charge is 0.0794 e. The normalized spacial score (nSPS) is 23.2. The van der Waals surface area contributed by atoms with Gasteiger partial charge >= 0.3 is 0 Å². The molecule has 0 amide bonds. The van der Waals surface area contributed by atoms with Crippen LogP contribution in [0.5, 0.6) is 0 Å². The van der Waals surface area contributed by atoms with E-state index in [0.717, 1.165) is 19.6 Å². The van der Waals surface area contributed by atoms with Crippen molar-refractivity contribution in [3.05, 3.63) is 16.6 Å². The van der Waals surface area contributed by atoms with E-state index in [9.17, 15) is 0 Å². The molecule has 2 heterocycles. The minimum atomic E-state index is 0.385. The van der Waals surface area contributed by atoms with Crippen LogP contribution in [0.25, 0.3) is 0 Å². The minimum absolute atomic E-state index is 0.385. The van der Waals surface area contributed by atoms with E-state index in [2.05, 4.69) is 17.2 Å². The SMILES string of the molecule is CCNC(Cc1cncs1)C1CCCCO1. The van der Waals surface area contributed by atoms with Gasteiger partial charge in [-0.1, -0.05) is 6.92 Å². The molecule has 3 nitrogen and oxygen atoms in total. The number of ether oxygens (including phenoxy) is 1. The first-order valence-electron chi connectivity index (χ1n) is 6.12. The quantitative estimate of drug-likeness (QED) is 0.857. The molecule has 0 spiro atoms. The molecule has 0 radical (unpaired) electrons. The molecule has 1 aromatic rings. The summed E-state index contributed by atoms with van der Waals surface area (Å²) in [5, 5.41) is 3.54. The van der Waals surface area contributed by atoms with Gasteiger partial charge in [-0.15, -0.1) is 11.3 Å². The molecule has 1 aliphatic rings. The Labute approximate surface area is 101 Å². The zero-order valence-corrected chi connectivity index (χ0v) is 10.6. The zero-order valence-electron chi connectivity index (χ0n) is 9.82. The van der Waals surface area contributed by atoms with Crippen LogP contribution in [-0.2, 0) is 11.2 Å². The number of nitrogens with one attached hydrogen (secondary N) is 1. The summed E-state index contributed by atoms with van der Waals surface area (Å²) in [6.07, 6.45) is 7.11. The van der Waals surface area contributed by atoms with Gasteiger partial charge in [-0.25, -0.2) is 0 Å². The fraction of sp³-hybridized carbons (Fsp3) is 0.750. The summed E-state index contributed by atoms with van der Waals surface area (Å²) in [6.45, 7) is 4.08. The van der Waals surface area contributed by atoms with E-state index in [0.29, 0.717) is 12.1 Å². The average molecular weight is 240 g/mol. The number of nitrogens with zero attached hydrogens (tertiary/aromatic N) is 1. The third kappa shape index (κ3) is 3.27. The zero-order chi connectivity index (χ0) is 11.2. The average Bonchev–Trinajstić information content (AvgIpc) is 2.83. The van der Waals surface area contributed by atoms with Crippen molar-refractivity contribution in [2.24, 2.45) is 0 Å². The van der Waals surface area contributed by atoms with E-state index in [1.54, 1.807) is 11.3 Å². The Balaban J connectivity index is 1.92. The maximum atomic E-state index is 5.86. The number of aromatic nitrogens is 1. The highest BCUT2D eigenvalue weighted by molar-refractivity contribution is 7.09. The number of hydrogen-bond acceptors (Lipinski definition) is 4. The lowest BCUT2D eigenvalue weighted by molar-refractivity contribution is -0.00694. The third-order valence-electron chi connectivity index (χ3n) is 3.03. The lowest BCUT2D eigenvalue weighted by Gasteiger charge is -2.30. The van der Waals surface area contributed by atoms with Crippen molar-refractivity contribution in [1.82, 2.24) is 10.3 Å². The van der Waals surface area contributed by atoms with E-state index in [-0.39, 0.29) is 0 Å². The maximum absolute atomic E-state index is 5.86. The number of hydrogen-bond donors (Lipinski definition) is 1. The van der Waals surface area contributed by atoms with Crippen molar-refractivity contribution in [3.8, 4) is 0 Å². The molecule has 0 saturated carbocycles. The second kappa shape index (κ2) is 6.33. The van der Waals surface area contributed by atoms with Gasteiger partial charge in [0.1, 0.15) is 0 Å². The second-order valence-electron chi connectivity index (χ2n) is 4.24. The van der Waals surface area contributed by atoms with E-state index in [4.69, 9.17) is 4.74 Å². The molecule has 0 aromatic carbocycles. The number of rotatable bonds is 5. The van der Waals surface area contributed by atoms with E-state index in [1.165, 1.54) is 24.1 Å². The summed E-state index contributed by atoms with van der Waals surface area (Å²) in [5.74, 6) is 0. The van der Waals surface area contributed by atoms with Crippen molar-refractivity contribution in [2.75, 3.05) is 13.2 Å². The Morgan fingerprint density at radius 3 is 3.19 bits per heavy atom. The maximum Gasteiger partial charge on any atom is 0.0794 e. The molecule has 90 valence electrons. The Morgan fingerprint density at radius 2 is 2.56 bits per heavy atom. The summed E-state index contributed by atoms with van der Waals surface area (Å²) >= 11 is 1.73. The van der Waals surface area contributed by atoms with Gasteiger partial charge in [0.2, 0.25) is 0 Å². The summed E-state index contributed by atoms with van der Waals surface area (Å²) in [5.41, 5.74) is 1.90. The molecule has 1 N–H and O–H groups in total. The minimum Gasteiger partial charge on any atom is -0.377 e. The standard InChI is InChI=1S/C12H20N2OS/c1-2-14-11(7-10-8-13-9-16-10)12-5-3-4-6-15-12/h8-9,11-12,14H,2-7H2,1H3. The summed E-state index contributed by atoms with van der Waals surface area (Å²) < 4.78 is 5.86. The monoisotopic (exact) mass is 240 g/mol.